The smallest absolute Gasteiger partial charge is 0.244 e. The molecule has 0 radical (unpaired) electrons. The Morgan fingerprint density at radius 3 is 2.38 bits per heavy atom. The molecule has 9 nitrogen and oxygen atoms in total. The Morgan fingerprint density at radius 1 is 1.11 bits per heavy atom. The van der Waals surface area contributed by atoms with Crippen molar-refractivity contribution in [2.45, 2.75) is 51.2 Å². The van der Waals surface area contributed by atoms with Crippen molar-refractivity contribution < 1.29 is 31.9 Å². The molecule has 0 aromatic heterocycles. The molecule has 1 aliphatic carbocycles. The molecule has 0 unspecified atom stereocenters. The van der Waals surface area contributed by atoms with E-state index in [9.17, 15) is 22.4 Å². The summed E-state index contributed by atoms with van der Waals surface area (Å²) >= 11 is 0. The standard InChI is InChI=1S/C26H34FN3O6S/c1-18(26(32)28-20-10-6-7-11-20)29(16-19-9-5-8-12-22(19)27)25(31)17-30(37(4,33)34)23-15-21(35-2)13-14-24(23)36-3/h5,8-9,12-15,18,20H,6-7,10-11,16-17H2,1-4H3,(H,28,32)/t18-/m0/s1. The molecule has 1 atom stereocenters. The maximum absolute atomic E-state index is 14.5. The van der Waals surface area contributed by atoms with Gasteiger partial charge in [-0.2, -0.15) is 0 Å². The van der Waals surface area contributed by atoms with E-state index in [0.717, 1.165) is 36.2 Å². The van der Waals surface area contributed by atoms with Gasteiger partial charge < -0.3 is 19.7 Å². The molecule has 3 rings (SSSR count). The molecule has 1 N–H and O–H groups in total. The van der Waals surface area contributed by atoms with Crippen LogP contribution in [-0.2, 0) is 26.2 Å². The second-order valence-corrected chi connectivity index (χ2v) is 11.0. The van der Waals surface area contributed by atoms with E-state index in [4.69, 9.17) is 9.47 Å². The number of sulfonamides is 1. The highest BCUT2D eigenvalue weighted by molar-refractivity contribution is 7.92. The van der Waals surface area contributed by atoms with Crippen molar-refractivity contribution in [3.05, 3.63) is 53.8 Å². The van der Waals surface area contributed by atoms with E-state index < -0.39 is 34.3 Å². The third-order valence-electron chi connectivity index (χ3n) is 6.50. The van der Waals surface area contributed by atoms with Crippen molar-refractivity contribution in [3.63, 3.8) is 0 Å². The van der Waals surface area contributed by atoms with Gasteiger partial charge >= 0.3 is 0 Å². The Hall–Kier alpha value is -3.34. The molecule has 2 aromatic rings. The SMILES string of the molecule is COc1ccc(OC)c(N(CC(=O)N(Cc2ccccc2F)[C@@H](C)C(=O)NC2CCCC2)S(C)(=O)=O)c1. The number of benzene rings is 2. The zero-order valence-corrected chi connectivity index (χ0v) is 22.4. The van der Waals surface area contributed by atoms with Gasteiger partial charge in [0.05, 0.1) is 26.2 Å². The summed E-state index contributed by atoms with van der Waals surface area (Å²) in [7, 11) is -1.16. The first-order valence-electron chi connectivity index (χ1n) is 12.1. The summed E-state index contributed by atoms with van der Waals surface area (Å²) in [5, 5.41) is 2.97. The average Bonchev–Trinajstić information content (AvgIpc) is 3.38. The number of hydrogen-bond acceptors (Lipinski definition) is 6. The van der Waals surface area contributed by atoms with E-state index in [1.165, 1.54) is 49.5 Å². The van der Waals surface area contributed by atoms with Crippen LogP contribution in [0.25, 0.3) is 0 Å². The molecular formula is C26H34FN3O6S. The fourth-order valence-electron chi connectivity index (χ4n) is 4.37. The van der Waals surface area contributed by atoms with E-state index in [-0.39, 0.29) is 35.5 Å². The predicted octanol–water partition coefficient (Wildman–Crippen LogP) is 3.09. The highest BCUT2D eigenvalue weighted by Gasteiger charge is 2.32. The second kappa shape index (κ2) is 12.3. The monoisotopic (exact) mass is 535 g/mol. The molecule has 202 valence electrons. The number of hydrogen-bond donors (Lipinski definition) is 1. The first-order chi connectivity index (χ1) is 17.5. The number of ether oxygens (including phenoxy) is 2. The van der Waals surface area contributed by atoms with Gasteiger partial charge in [-0.25, -0.2) is 12.8 Å². The highest BCUT2D eigenvalue weighted by Crippen LogP contribution is 2.34. The Balaban J connectivity index is 1.95. The van der Waals surface area contributed by atoms with Crippen molar-refractivity contribution >= 4 is 27.5 Å². The summed E-state index contributed by atoms with van der Waals surface area (Å²) in [6, 6.07) is 9.59. The lowest BCUT2D eigenvalue weighted by Gasteiger charge is -2.32. The number of rotatable bonds is 11. The number of nitrogens with zero attached hydrogens (tertiary/aromatic N) is 2. The molecule has 1 aliphatic rings. The van der Waals surface area contributed by atoms with Crippen LogP contribution in [0.3, 0.4) is 0 Å². The third-order valence-corrected chi connectivity index (χ3v) is 7.63. The maximum atomic E-state index is 14.5. The number of nitrogens with one attached hydrogen (secondary N) is 1. The fourth-order valence-corrected chi connectivity index (χ4v) is 5.22. The van der Waals surface area contributed by atoms with E-state index >= 15 is 0 Å². The lowest BCUT2D eigenvalue weighted by atomic mass is 10.1. The molecule has 37 heavy (non-hydrogen) atoms. The molecule has 1 fully saturated rings. The predicted molar refractivity (Wildman–Crippen MR) is 139 cm³/mol. The molecule has 2 aromatic carbocycles. The fraction of sp³-hybridized carbons (Fsp3) is 0.462. The van der Waals surface area contributed by atoms with Crippen LogP contribution in [-0.4, -0.2) is 64.2 Å². The number of halogens is 1. The topological polar surface area (TPSA) is 105 Å². The Kier molecular flexibility index (Phi) is 9.36. The lowest BCUT2D eigenvalue weighted by molar-refractivity contribution is -0.139. The summed E-state index contributed by atoms with van der Waals surface area (Å²) < 4.78 is 51.6. The Bertz CT molecular complexity index is 1220. The van der Waals surface area contributed by atoms with Gasteiger partial charge in [-0.1, -0.05) is 31.0 Å². The minimum atomic E-state index is -3.97. The molecule has 2 amide bonds. The Labute approximate surface area is 217 Å². The van der Waals surface area contributed by atoms with Crippen molar-refractivity contribution in [3.8, 4) is 11.5 Å². The first-order valence-corrected chi connectivity index (χ1v) is 13.9. The molecule has 0 heterocycles. The van der Waals surface area contributed by atoms with Gasteiger partial charge in [0.1, 0.15) is 29.9 Å². The normalized spacial score (nSPS) is 14.6. The van der Waals surface area contributed by atoms with Crippen LogP contribution in [0.5, 0.6) is 11.5 Å². The van der Waals surface area contributed by atoms with Gasteiger partial charge in [0.15, 0.2) is 0 Å². The quantitative estimate of drug-likeness (QED) is 0.474. The van der Waals surface area contributed by atoms with Crippen molar-refractivity contribution in [1.82, 2.24) is 10.2 Å². The lowest BCUT2D eigenvalue weighted by Crippen LogP contribution is -2.52. The summed E-state index contributed by atoms with van der Waals surface area (Å²) in [5.74, 6) is -0.997. The van der Waals surface area contributed by atoms with Gasteiger partial charge in [-0.3, -0.25) is 13.9 Å². The minimum absolute atomic E-state index is 0.0222. The van der Waals surface area contributed by atoms with Crippen LogP contribution in [0.15, 0.2) is 42.5 Å². The van der Waals surface area contributed by atoms with Gasteiger partial charge in [0.25, 0.3) is 0 Å². The minimum Gasteiger partial charge on any atom is -0.497 e. The van der Waals surface area contributed by atoms with E-state index in [1.807, 2.05) is 0 Å². The number of anilines is 1. The van der Waals surface area contributed by atoms with Crippen LogP contribution < -0.4 is 19.1 Å². The van der Waals surface area contributed by atoms with E-state index in [2.05, 4.69) is 5.32 Å². The number of amides is 2. The van der Waals surface area contributed by atoms with Gasteiger partial charge in [0, 0.05) is 24.2 Å². The first kappa shape index (κ1) is 28.2. The zero-order valence-electron chi connectivity index (χ0n) is 21.6. The summed E-state index contributed by atoms with van der Waals surface area (Å²) in [5.41, 5.74) is 0.313. The molecular weight excluding hydrogens is 501 g/mol. The number of methoxy groups -OCH3 is 2. The van der Waals surface area contributed by atoms with Gasteiger partial charge in [-0.05, 0) is 38.0 Å². The van der Waals surface area contributed by atoms with Crippen LogP contribution in [0, 0.1) is 5.82 Å². The van der Waals surface area contributed by atoms with E-state index in [0.29, 0.717) is 5.75 Å². The molecule has 1 saturated carbocycles. The largest absolute Gasteiger partial charge is 0.497 e. The van der Waals surface area contributed by atoms with Crippen molar-refractivity contribution in [2.75, 3.05) is 31.3 Å². The number of carbonyl (C=O) groups is 2. The Morgan fingerprint density at radius 2 is 1.78 bits per heavy atom. The highest BCUT2D eigenvalue weighted by atomic mass is 32.2. The zero-order chi connectivity index (χ0) is 27.2. The van der Waals surface area contributed by atoms with Crippen LogP contribution in [0.1, 0.15) is 38.2 Å². The summed E-state index contributed by atoms with van der Waals surface area (Å²) in [6.45, 7) is 0.718. The maximum Gasteiger partial charge on any atom is 0.244 e. The van der Waals surface area contributed by atoms with Crippen molar-refractivity contribution in [1.29, 1.82) is 0 Å². The molecule has 0 aliphatic heterocycles. The van der Waals surface area contributed by atoms with E-state index in [1.54, 1.807) is 19.1 Å². The van der Waals surface area contributed by atoms with Crippen molar-refractivity contribution in [2.24, 2.45) is 0 Å². The van der Waals surface area contributed by atoms with Crippen LogP contribution >= 0.6 is 0 Å². The third kappa shape index (κ3) is 7.12. The molecule has 0 bridgehead atoms. The van der Waals surface area contributed by atoms with Crippen LogP contribution in [0.2, 0.25) is 0 Å². The summed E-state index contributed by atoms with van der Waals surface area (Å²) in [6.07, 6.45) is 4.72. The van der Waals surface area contributed by atoms with Crippen LogP contribution in [0.4, 0.5) is 10.1 Å². The average molecular weight is 536 g/mol. The molecule has 0 saturated heterocycles. The second-order valence-electron chi connectivity index (χ2n) is 9.09. The molecule has 11 heteroatoms. The number of carbonyl (C=O) groups excluding carboxylic acids is 2. The van der Waals surface area contributed by atoms with Gasteiger partial charge in [-0.15, -0.1) is 0 Å². The summed E-state index contributed by atoms with van der Waals surface area (Å²) in [4.78, 5) is 28.0. The molecule has 0 spiro atoms. The van der Waals surface area contributed by atoms with Gasteiger partial charge in [0.2, 0.25) is 21.8 Å².